The van der Waals surface area contributed by atoms with Crippen molar-refractivity contribution < 1.29 is 13.9 Å². The predicted molar refractivity (Wildman–Crippen MR) is 118 cm³/mol. The minimum absolute atomic E-state index is 0.225. The summed E-state index contributed by atoms with van der Waals surface area (Å²) in [5.41, 5.74) is 2.64. The van der Waals surface area contributed by atoms with E-state index in [0.29, 0.717) is 25.6 Å². The summed E-state index contributed by atoms with van der Waals surface area (Å²) >= 11 is 0. The summed E-state index contributed by atoms with van der Waals surface area (Å²) in [5, 5.41) is 2.67. The molecule has 1 aromatic heterocycles. The first kappa shape index (κ1) is 20.8. The average molecular weight is 420 g/mol. The summed E-state index contributed by atoms with van der Waals surface area (Å²) < 4.78 is 19.5. The number of ether oxygens (including phenoxy) is 1. The van der Waals surface area contributed by atoms with Crippen molar-refractivity contribution in [2.45, 2.75) is 25.9 Å². The summed E-state index contributed by atoms with van der Waals surface area (Å²) in [6, 6.07) is 18.2. The summed E-state index contributed by atoms with van der Waals surface area (Å²) in [5.74, 6) is 0.932. The number of benzene rings is 2. The molecule has 4 rings (SSSR count). The molecule has 6 heteroatoms. The molecule has 0 unspecified atom stereocenters. The number of para-hydroxylation sites is 1. The molecule has 0 bridgehead atoms. The molecular weight excluding hydrogens is 393 g/mol. The lowest BCUT2D eigenvalue weighted by Gasteiger charge is -2.32. The van der Waals surface area contributed by atoms with Gasteiger partial charge < -0.3 is 15.0 Å². The SMILES string of the molecule is O=C(Nc1ccccc1F)N1CCC(Cc2ccc(COc3ccncc3)cc2)CC1. The second kappa shape index (κ2) is 10.1. The first-order chi connectivity index (χ1) is 15.2. The largest absolute Gasteiger partial charge is 0.489 e. The number of nitrogens with one attached hydrogen (secondary N) is 1. The first-order valence-corrected chi connectivity index (χ1v) is 10.6. The Kier molecular flexibility index (Phi) is 6.77. The number of carbonyl (C=O) groups excluding carboxylic acids is 1. The number of anilines is 1. The number of aromatic nitrogens is 1. The van der Waals surface area contributed by atoms with Gasteiger partial charge in [-0.25, -0.2) is 9.18 Å². The molecule has 160 valence electrons. The van der Waals surface area contributed by atoms with Gasteiger partial charge in [0.05, 0.1) is 5.69 Å². The van der Waals surface area contributed by atoms with Gasteiger partial charge in [-0.2, -0.15) is 0 Å². The van der Waals surface area contributed by atoms with Gasteiger partial charge in [0.15, 0.2) is 0 Å². The highest BCUT2D eigenvalue weighted by Crippen LogP contribution is 2.23. The molecule has 1 aliphatic heterocycles. The molecule has 0 radical (unpaired) electrons. The number of likely N-dealkylation sites (tertiary alicyclic amines) is 1. The number of piperidine rings is 1. The highest BCUT2D eigenvalue weighted by Gasteiger charge is 2.23. The van der Waals surface area contributed by atoms with Crippen molar-refractivity contribution >= 4 is 11.7 Å². The van der Waals surface area contributed by atoms with E-state index in [0.717, 1.165) is 30.6 Å². The molecule has 0 atom stereocenters. The summed E-state index contributed by atoms with van der Waals surface area (Å²) in [4.78, 5) is 18.2. The third kappa shape index (κ3) is 5.81. The van der Waals surface area contributed by atoms with Crippen LogP contribution in [0.3, 0.4) is 0 Å². The van der Waals surface area contributed by atoms with Crippen LogP contribution in [0, 0.1) is 11.7 Å². The zero-order valence-electron chi connectivity index (χ0n) is 17.3. The van der Waals surface area contributed by atoms with E-state index >= 15 is 0 Å². The number of amides is 2. The molecule has 5 nitrogen and oxygen atoms in total. The number of hydrogen-bond acceptors (Lipinski definition) is 3. The van der Waals surface area contributed by atoms with E-state index < -0.39 is 5.82 Å². The van der Waals surface area contributed by atoms with Gasteiger partial charge in [-0.1, -0.05) is 36.4 Å². The molecule has 1 fully saturated rings. The topological polar surface area (TPSA) is 54.5 Å². The third-order valence-electron chi connectivity index (χ3n) is 5.62. The van der Waals surface area contributed by atoms with E-state index in [4.69, 9.17) is 4.74 Å². The number of hydrogen-bond donors (Lipinski definition) is 1. The minimum atomic E-state index is -0.416. The van der Waals surface area contributed by atoms with Crippen molar-refractivity contribution in [3.05, 3.63) is 90.0 Å². The van der Waals surface area contributed by atoms with E-state index in [9.17, 15) is 9.18 Å². The molecular formula is C25H26FN3O2. The van der Waals surface area contributed by atoms with Crippen LogP contribution in [0.4, 0.5) is 14.9 Å². The number of nitrogens with zero attached hydrogens (tertiary/aromatic N) is 2. The van der Waals surface area contributed by atoms with E-state index in [1.165, 1.54) is 11.6 Å². The Balaban J connectivity index is 1.22. The van der Waals surface area contributed by atoms with Crippen molar-refractivity contribution in [2.24, 2.45) is 5.92 Å². The molecule has 0 saturated carbocycles. The maximum Gasteiger partial charge on any atom is 0.321 e. The lowest BCUT2D eigenvalue weighted by atomic mass is 9.90. The number of urea groups is 1. The molecule has 1 aliphatic rings. The van der Waals surface area contributed by atoms with Crippen molar-refractivity contribution in [1.29, 1.82) is 0 Å². The van der Waals surface area contributed by atoms with Gasteiger partial charge in [-0.05, 0) is 60.6 Å². The highest BCUT2D eigenvalue weighted by molar-refractivity contribution is 5.89. The van der Waals surface area contributed by atoms with Crippen LogP contribution in [0.5, 0.6) is 5.75 Å². The maximum atomic E-state index is 13.7. The average Bonchev–Trinajstić information content (AvgIpc) is 2.81. The van der Waals surface area contributed by atoms with Crippen molar-refractivity contribution in [3.8, 4) is 5.75 Å². The third-order valence-corrected chi connectivity index (χ3v) is 5.62. The monoisotopic (exact) mass is 419 g/mol. The molecule has 1 N–H and O–H groups in total. The lowest BCUT2D eigenvalue weighted by molar-refractivity contribution is 0.182. The van der Waals surface area contributed by atoms with Crippen molar-refractivity contribution in [3.63, 3.8) is 0 Å². The maximum absolute atomic E-state index is 13.7. The fourth-order valence-corrected chi connectivity index (χ4v) is 3.80. The van der Waals surface area contributed by atoms with Gasteiger partial charge in [0.25, 0.3) is 0 Å². The zero-order valence-corrected chi connectivity index (χ0v) is 17.3. The van der Waals surface area contributed by atoms with Gasteiger partial charge in [-0.15, -0.1) is 0 Å². The standard InChI is InChI=1S/C25H26FN3O2/c26-23-3-1-2-4-24(23)28-25(30)29-15-11-20(12-16-29)17-19-5-7-21(8-6-19)18-31-22-9-13-27-14-10-22/h1-10,13-14,20H,11-12,15-18H2,(H,28,30). The van der Waals surface area contributed by atoms with Crippen LogP contribution in [0.25, 0.3) is 0 Å². The Morgan fingerprint density at radius 3 is 2.39 bits per heavy atom. The fraction of sp³-hybridized carbons (Fsp3) is 0.280. The predicted octanol–water partition coefficient (Wildman–Crippen LogP) is 5.29. The second-order valence-electron chi connectivity index (χ2n) is 7.83. The normalized spacial score (nSPS) is 14.3. The van der Waals surface area contributed by atoms with Crippen LogP contribution in [-0.4, -0.2) is 29.0 Å². The number of carbonyl (C=O) groups is 1. The Bertz CT molecular complexity index is 987. The second-order valence-corrected chi connectivity index (χ2v) is 7.83. The molecule has 2 aromatic carbocycles. The minimum Gasteiger partial charge on any atom is -0.489 e. The van der Waals surface area contributed by atoms with Crippen molar-refractivity contribution in [2.75, 3.05) is 18.4 Å². The van der Waals surface area contributed by atoms with Gasteiger partial charge in [-0.3, -0.25) is 4.98 Å². The van der Waals surface area contributed by atoms with E-state index in [1.54, 1.807) is 35.5 Å². The molecule has 2 heterocycles. The molecule has 0 aliphatic carbocycles. The quantitative estimate of drug-likeness (QED) is 0.591. The first-order valence-electron chi connectivity index (χ1n) is 10.6. The number of halogens is 1. The van der Waals surface area contributed by atoms with Gasteiger partial charge in [0.1, 0.15) is 18.2 Å². The summed E-state index contributed by atoms with van der Waals surface area (Å²) in [6.45, 7) is 1.89. The molecule has 3 aromatic rings. The van der Waals surface area contributed by atoms with Gasteiger partial charge in [0.2, 0.25) is 0 Å². The zero-order chi connectivity index (χ0) is 21.5. The summed E-state index contributed by atoms with van der Waals surface area (Å²) in [7, 11) is 0. The van der Waals surface area contributed by atoms with Crippen LogP contribution in [0.15, 0.2) is 73.1 Å². The van der Waals surface area contributed by atoms with Gasteiger partial charge in [0, 0.05) is 25.5 Å². The Labute approximate surface area is 181 Å². The van der Waals surface area contributed by atoms with Crippen LogP contribution in [-0.2, 0) is 13.0 Å². The van der Waals surface area contributed by atoms with Crippen LogP contribution in [0.2, 0.25) is 0 Å². The molecule has 2 amide bonds. The number of rotatable bonds is 6. The lowest BCUT2D eigenvalue weighted by Crippen LogP contribution is -2.41. The molecule has 31 heavy (non-hydrogen) atoms. The van der Waals surface area contributed by atoms with E-state index in [2.05, 4.69) is 34.6 Å². The number of pyridine rings is 1. The van der Waals surface area contributed by atoms with Crippen LogP contribution in [0.1, 0.15) is 24.0 Å². The van der Waals surface area contributed by atoms with E-state index in [1.807, 2.05) is 12.1 Å². The smallest absolute Gasteiger partial charge is 0.321 e. The summed E-state index contributed by atoms with van der Waals surface area (Å²) in [6.07, 6.45) is 6.31. The van der Waals surface area contributed by atoms with Crippen LogP contribution >= 0.6 is 0 Å². The Hall–Kier alpha value is -3.41. The Morgan fingerprint density at radius 1 is 1.00 bits per heavy atom. The molecule has 0 spiro atoms. The Morgan fingerprint density at radius 2 is 1.68 bits per heavy atom. The highest BCUT2D eigenvalue weighted by atomic mass is 19.1. The van der Waals surface area contributed by atoms with E-state index in [-0.39, 0.29) is 11.7 Å². The fourth-order valence-electron chi connectivity index (χ4n) is 3.80. The van der Waals surface area contributed by atoms with Gasteiger partial charge >= 0.3 is 6.03 Å². The van der Waals surface area contributed by atoms with Crippen LogP contribution < -0.4 is 10.1 Å². The van der Waals surface area contributed by atoms with Crippen molar-refractivity contribution in [1.82, 2.24) is 9.88 Å². The molecule has 1 saturated heterocycles.